The zero-order valence-corrected chi connectivity index (χ0v) is 18.8. The van der Waals surface area contributed by atoms with Crippen LogP contribution in [-0.2, 0) is 11.3 Å². The van der Waals surface area contributed by atoms with Crippen LogP contribution in [0.3, 0.4) is 0 Å². The van der Waals surface area contributed by atoms with Crippen molar-refractivity contribution in [1.82, 2.24) is 34.7 Å². The summed E-state index contributed by atoms with van der Waals surface area (Å²) in [4.78, 5) is 9.34. The number of hydrogen-bond acceptors (Lipinski definition) is 8. The molecule has 10 nitrogen and oxygen atoms in total. The quantitative estimate of drug-likeness (QED) is 0.444. The standard InChI is InChI=1S/C23H28N8O2/c1-16(2)19-14-27-31-21(19)28-23(33-18-13-24-9-11-32-15-18)29-22(31)25-12-17-6-3-4-7-20(17)30-10-5-8-26-30/h3-8,10,14,16,18,24H,9,11-13,15H2,1-2H3,(H,25,28,29). The van der Waals surface area contributed by atoms with Gasteiger partial charge in [-0.3, -0.25) is 0 Å². The Balaban J connectivity index is 1.46. The number of anilines is 1. The number of nitrogens with zero attached hydrogens (tertiary/aromatic N) is 6. The van der Waals surface area contributed by atoms with Crippen LogP contribution < -0.4 is 15.4 Å². The molecule has 4 aromatic rings. The van der Waals surface area contributed by atoms with Crippen molar-refractivity contribution in [2.24, 2.45) is 0 Å². The van der Waals surface area contributed by atoms with Gasteiger partial charge in [-0.1, -0.05) is 32.0 Å². The van der Waals surface area contributed by atoms with E-state index >= 15 is 0 Å². The summed E-state index contributed by atoms with van der Waals surface area (Å²) in [6.45, 7) is 7.44. The minimum absolute atomic E-state index is 0.159. The van der Waals surface area contributed by atoms with Crippen molar-refractivity contribution in [2.45, 2.75) is 32.4 Å². The lowest BCUT2D eigenvalue weighted by molar-refractivity contribution is 0.0677. The summed E-state index contributed by atoms with van der Waals surface area (Å²) in [5.74, 6) is 0.834. The Labute approximate surface area is 192 Å². The zero-order valence-electron chi connectivity index (χ0n) is 18.8. The number of ether oxygens (including phenoxy) is 2. The second-order valence-corrected chi connectivity index (χ2v) is 8.27. The first-order valence-corrected chi connectivity index (χ1v) is 11.2. The molecule has 2 N–H and O–H groups in total. The highest BCUT2D eigenvalue weighted by molar-refractivity contribution is 5.53. The molecule has 5 rings (SSSR count). The van der Waals surface area contributed by atoms with Crippen LogP contribution >= 0.6 is 0 Å². The summed E-state index contributed by atoms with van der Waals surface area (Å²) >= 11 is 0. The molecule has 1 atom stereocenters. The van der Waals surface area contributed by atoms with Crippen LogP contribution in [0.1, 0.15) is 30.9 Å². The molecule has 1 unspecified atom stereocenters. The summed E-state index contributed by atoms with van der Waals surface area (Å²) in [6.07, 6.45) is 5.38. The molecule has 1 fully saturated rings. The molecule has 10 heteroatoms. The van der Waals surface area contributed by atoms with Crippen molar-refractivity contribution in [1.29, 1.82) is 0 Å². The molecular formula is C23H28N8O2. The summed E-state index contributed by atoms with van der Waals surface area (Å²) in [5, 5.41) is 15.7. The van der Waals surface area contributed by atoms with E-state index in [1.54, 1.807) is 10.7 Å². The lowest BCUT2D eigenvalue weighted by Crippen LogP contribution is -2.32. The van der Waals surface area contributed by atoms with Crippen molar-refractivity contribution in [2.75, 3.05) is 31.6 Å². The highest BCUT2D eigenvalue weighted by atomic mass is 16.5. The molecule has 1 aromatic carbocycles. The monoisotopic (exact) mass is 448 g/mol. The van der Waals surface area contributed by atoms with Gasteiger partial charge >= 0.3 is 6.01 Å². The van der Waals surface area contributed by atoms with Crippen molar-refractivity contribution >= 4 is 11.6 Å². The van der Waals surface area contributed by atoms with Gasteiger partial charge in [-0.25, -0.2) is 4.68 Å². The van der Waals surface area contributed by atoms with Gasteiger partial charge in [0.25, 0.3) is 0 Å². The van der Waals surface area contributed by atoms with Gasteiger partial charge in [0.05, 0.1) is 25.1 Å². The third-order valence-corrected chi connectivity index (χ3v) is 5.55. The van der Waals surface area contributed by atoms with Crippen molar-refractivity contribution in [3.05, 3.63) is 60.0 Å². The Kier molecular flexibility index (Phi) is 6.18. The predicted molar refractivity (Wildman–Crippen MR) is 124 cm³/mol. The molecule has 3 aromatic heterocycles. The second kappa shape index (κ2) is 9.55. The van der Waals surface area contributed by atoms with E-state index < -0.39 is 0 Å². The van der Waals surface area contributed by atoms with E-state index in [1.807, 2.05) is 41.3 Å². The van der Waals surface area contributed by atoms with E-state index in [2.05, 4.69) is 50.7 Å². The van der Waals surface area contributed by atoms with Crippen LogP contribution in [0.15, 0.2) is 48.9 Å². The number of rotatable bonds is 7. The summed E-state index contributed by atoms with van der Waals surface area (Å²) in [7, 11) is 0. The third kappa shape index (κ3) is 4.67. The van der Waals surface area contributed by atoms with Crippen LogP contribution in [-0.4, -0.2) is 61.8 Å². The Morgan fingerprint density at radius 1 is 1.21 bits per heavy atom. The van der Waals surface area contributed by atoms with Gasteiger partial charge in [0.15, 0.2) is 5.65 Å². The number of benzene rings is 1. The lowest BCUT2D eigenvalue weighted by atomic mass is 10.1. The maximum absolute atomic E-state index is 6.12. The largest absolute Gasteiger partial charge is 0.456 e. The molecule has 33 heavy (non-hydrogen) atoms. The van der Waals surface area contributed by atoms with Gasteiger partial charge in [0.2, 0.25) is 5.95 Å². The van der Waals surface area contributed by atoms with Crippen LogP contribution in [0.25, 0.3) is 11.3 Å². The minimum atomic E-state index is -0.159. The Bertz CT molecular complexity index is 1200. The van der Waals surface area contributed by atoms with Crippen molar-refractivity contribution < 1.29 is 9.47 Å². The van der Waals surface area contributed by atoms with Crippen LogP contribution in [0, 0.1) is 0 Å². The highest BCUT2D eigenvalue weighted by Crippen LogP contribution is 2.24. The summed E-state index contributed by atoms with van der Waals surface area (Å²) in [6, 6.07) is 10.3. The van der Waals surface area contributed by atoms with Crippen molar-refractivity contribution in [3.63, 3.8) is 0 Å². The van der Waals surface area contributed by atoms with Crippen LogP contribution in [0.2, 0.25) is 0 Å². The van der Waals surface area contributed by atoms with E-state index in [1.165, 1.54) is 0 Å². The molecular weight excluding hydrogens is 420 g/mol. The van der Waals surface area contributed by atoms with E-state index in [0.717, 1.165) is 29.0 Å². The fraction of sp³-hybridized carbons (Fsp3) is 0.391. The fourth-order valence-corrected chi connectivity index (χ4v) is 3.82. The maximum atomic E-state index is 6.12. The number of nitrogens with one attached hydrogen (secondary N) is 2. The average molecular weight is 449 g/mol. The lowest BCUT2D eigenvalue weighted by Gasteiger charge is -2.17. The molecule has 172 valence electrons. The first-order chi connectivity index (χ1) is 16.2. The van der Waals surface area contributed by atoms with E-state index in [9.17, 15) is 0 Å². The minimum Gasteiger partial charge on any atom is -0.456 e. The van der Waals surface area contributed by atoms with Gasteiger partial charge in [0.1, 0.15) is 6.10 Å². The number of aromatic nitrogens is 6. The molecule has 1 aliphatic rings. The number of hydrogen-bond donors (Lipinski definition) is 2. The fourth-order valence-electron chi connectivity index (χ4n) is 3.82. The molecule has 0 spiro atoms. The molecule has 0 aliphatic carbocycles. The molecule has 1 saturated heterocycles. The first-order valence-electron chi connectivity index (χ1n) is 11.2. The van der Waals surface area contributed by atoms with Gasteiger partial charge in [0, 0.05) is 37.6 Å². The Hall–Kier alpha value is -3.50. The van der Waals surface area contributed by atoms with E-state index in [0.29, 0.717) is 38.3 Å². The normalized spacial score (nSPS) is 16.8. The average Bonchev–Trinajstić information content (AvgIpc) is 3.44. The summed E-state index contributed by atoms with van der Waals surface area (Å²) < 4.78 is 15.3. The van der Waals surface area contributed by atoms with Crippen LogP contribution in [0.5, 0.6) is 6.01 Å². The first kappa shape index (κ1) is 21.4. The highest BCUT2D eigenvalue weighted by Gasteiger charge is 2.20. The molecule has 0 radical (unpaired) electrons. The molecule has 0 saturated carbocycles. The molecule has 4 heterocycles. The number of para-hydroxylation sites is 1. The van der Waals surface area contributed by atoms with Gasteiger partial charge in [-0.2, -0.15) is 24.7 Å². The predicted octanol–water partition coefficient (Wildman–Crippen LogP) is 2.41. The smallest absolute Gasteiger partial charge is 0.322 e. The van der Waals surface area contributed by atoms with Gasteiger partial charge in [-0.15, -0.1) is 0 Å². The topological polar surface area (TPSA) is 103 Å². The van der Waals surface area contributed by atoms with E-state index in [4.69, 9.17) is 9.47 Å². The molecule has 1 aliphatic heterocycles. The van der Waals surface area contributed by atoms with Crippen LogP contribution in [0.4, 0.5) is 5.95 Å². The molecule has 0 amide bonds. The maximum Gasteiger partial charge on any atom is 0.322 e. The number of fused-ring (bicyclic) bond motifs is 1. The molecule has 0 bridgehead atoms. The van der Waals surface area contributed by atoms with Gasteiger partial charge < -0.3 is 20.1 Å². The second-order valence-electron chi connectivity index (χ2n) is 8.27. The van der Waals surface area contributed by atoms with Crippen molar-refractivity contribution in [3.8, 4) is 11.7 Å². The zero-order chi connectivity index (χ0) is 22.6. The Morgan fingerprint density at radius 2 is 2.12 bits per heavy atom. The Morgan fingerprint density at radius 3 is 2.97 bits per heavy atom. The SMILES string of the molecule is CC(C)c1cnn2c(NCc3ccccc3-n3cccn3)nc(OC3CNCCOC3)nc12. The summed E-state index contributed by atoms with van der Waals surface area (Å²) in [5.41, 5.74) is 3.85. The third-order valence-electron chi connectivity index (χ3n) is 5.55. The van der Waals surface area contributed by atoms with Gasteiger partial charge in [-0.05, 0) is 23.6 Å². The van der Waals surface area contributed by atoms with E-state index in [-0.39, 0.29) is 12.0 Å².